The molecule has 0 fully saturated rings. The van der Waals surface area contributed by atoms with Crippen molar-refractivity contribution < 1.29 is 14.8 Å². The number of phenolic OH excluding ortho intramolecular Hbond substituents is 1. The molecule has 0 aromatic heterocycles. The van der Waals surface area contributed by atoms with Crippen LogP contribution >= 0.6 is 0 Å². The van der Waals surface area contributed by atoms with Crippen molar-refractivity contribution in [1.29, 1.82) is 0 Å². The van der Waals surface area contributed by atoms with E-state index < -0.39 is 0 Å². The summed E-state index contributed by atoms with van der Waals surface area (Å²) >= 11 is 0. The Bertz CT molecular complexity index is 761. The van der Waals surface area contributed by atoms with Crippen LogP contribution in [0.3, 0.4) is 0 Å². The highest BCUT2D eigenvalue weighted by molar-refractivity contribution is 5.43. The Morgan fingerprint density at radius 2 is 2.17 bits per heavy atom. The van der Waals surface area contributed by atoms with Gasteiger partial charge in [-0.15, -0.1) is 0 Å². The number of rotatable bonds is 5. The van der Waals surface area contributed by atoms with E-state index in [0.29, 0.717) is 12.3 Å². The molecule has 6 heteroatoms. The van der Waals surface area contributed by atoms with Crippen LogP contribution in [0.25, 0.3) is 0 Å². The first-order chi connectivity index (χ1) is 11.6. The molecule has 1 aliphatic carbocycles. The van der Waals surface area contributed by atoms with Gasteiger partial charge in [0.2, 0.25) is 0 Å². The topological polar surface area (TPSA) is 84.6 Å². The summed E-state index contributed by atoms with van der Waals surface area (Å²) in [5, 5.41) is 24.3. The average Bonchev–Trinajstić information content (AvgIpc) is 2.59. The Morgan fingerprint density at radius 3 is 2.88 bits per heavy atom. The number of nitro groups is 1. The van der Waals surface area contributed by atoms with Crippen molar-refractivity contribution in [3.8, 4) is 11.5 Å². The van der Waals surface area contributed by atoms with Crippen LogP contribution < -0.4 is 10.1 Å². The first-order valence-corrected chi connectivity index (χ1v) is 7.95. The number of phenols is 1. The zero-order valence-electron chi connectivity index (χ0n) is 13.5. The number of methoxy groups -OCH3 is 1. The van der Waals surface area contributed by atoms with Crippen LogP contribution in [-0.2, 0) is 13.0 Å². The number of aryl methyl sites for hydroxylation is 1. The minimum absolute atomic E-state index is 0.0814. The summed E-state index contributed by atoms with van der Waals surface area (Å²) in [7, 11) is 1.51. The van der Waals surface area contributed by atoms with Gasteiger partial charge in [0, 0.05) is 24.7 Å². The van der Waals surface area contributed by atoms with Gasteiger partial charge < -0.3 is 15.2 Å². The van der Waals surface area contributed by atoms with Crippen molar-refractivity contribution in [2.75, 3.05) is 7.11 Å². The second-order valence-corrected chi connectivity index (χ2v) is 5.97. The van der Waals surface area contributed by atoms with Gasteiger partial charge in [0.25, 0.3) is 5.69 Å². The molecule has 0 aliphatic heterocycles. The van der Waals surface area contributed by atoms with Crippen molar-refractivity contribution in [1.82, 2.24) is 5.32 Å². The van der Waals surface area contributed by atoms with E-state index in [1.165, 1.54) is 12.7 Å². The Labute approximate surface area is 140 Å². The van der Waals surface area contributed by atoms with Crippen LogP contribution in [0.1, 0.15) is 35.6 Å². The van der Waals surface area contributed by atoms with E-state index in [-0.39, 0.29) is 22.4 Å². The number of nitro benzene ring substituents is 1. The molecule has 0 amide bonds. The van der Waals surface area contributed by atoms with E-state index in [0.717, 1.165) is 30.4 Å². The van der Waals surface area contributed by atoms with Gasteiger partial charge in [-0.1, -0.05) is 12.1 Å². The number of benzene rings is 2. The third-order valence-electron chi connectivity index (χ3n) is 4.45. The zero-order chi connectivity index (χ0) is 17.1. The van der Waals surface area contributed by atoms with Crippen LogP contribution in [-0.4, -0.2) is 17.1 Å². The van der Waals surface area contributed by atoms with Gasteiger partial charge in [-0.05, 0) is 48.1 Å². The molecule has 1 unspecified atom stereocenters. The van der Waals surface area contributed by atoms with Gasteiger partial charge >= 0.3 is 0 Å². The Balaban J connectivity index is 1.76. The van der Waals surface area contributed by atoms with E-state index in [2.05, 4.69) is 5.32 Å². The maximum absolute atomic E-state index is 11.0. The summed E-state index contributed by atoms with van der Waals surface area (Å²) < 4.78 is 5.04. The molecule has 3 rings (SSSR count). The van der Waals surface area contributed by atoms with Crippen molar-refractivity contribution in [3.05, 3.63) is 63.2 Å². The smallest absolute Gasteiger partial charge is 0.269 e. The van der Waals surface area contributed by atoms with Crippen molar-refractivity contribution in [2.24, 2.45) is 0 Å². The summed E-state index contributed by atoms with van der Waals surface area (Å²) in [5.41, 5.74) is 3.24. The van der Waals surface area contributed by atoms with Gasteiger partial charge in [0.1, 0.15) is 0 Å². The fourth-order valence-electron chi connectivity index (χ4n) is 3.20. The lowest BCUT2D eigenvalue weighted by Crippen LogP contribution is -2.25. The SMILES string of the molecule is COc1ccc(CNC2CCCc3ccc([N+](=O)[O-])cc32)cc1O. The Morgan fingerprint density at radius 1 is 1.33 bits per heavy atom. The fourth-order valence-corrected chi connectivity index (χ4v) is 3.20. The lowest BCUT2D eigenvalue weighted by atomic mass is 9.87. The van der Waals surface area contributed by atoms with E-state index in [4.69, 9.17) is 4.74 Å². The molecule has 0 heterocycles. The molecule has 0 spiro atoms. The number of nitrogens with one attached hydrogen (secondary N) is 1. The number of hydrogen-bond donors (Lipinski definition) is 2. The lowest BCUT2D eigenvalue weighted by molar-refractivity contribution is -0.385. The average molecular weight is 328 g/mol. The van der Waals surface area contributed by atoms with Crippen LogP contribution in [0.4, 0.5) is 5.69 Å². The molecule has 6 nitrogen and oxygen atoms in total. The largest absolute Gasteiger partial charge is 0.504 e. The summed E-state index contributed by atoms with van der Waals surface area (Å²) in [5.74, 6) is 0.550. The first-order valence-electron chi connectivity index (χ1n) is 7.95. The number of nitrogens with zero attached hydrogens (tertiary/aromatic N) is 1. The van der Waals surface area contributed by atoms with E-state index >= 15 is 0 Å². The molecule has 2 N–H and O–H groups in total. The van der Waals surface area contributed by atoms with E-state index in [9.17, 15) is 15.2 Å². The van der Waals surface area contributed by atoms with E-state index in [1.807, 2.05) is 12.1 Å². The molecule has 0 radical (unpaired) electrons. The van der Waals surface area contributed by atoms with Gasteiger partial charge in [0.05, 0.1) is 12.0 Å². The number of ether oxygens (including phenoxy) is 1. The number of hydrogen-bond acceptors (Lipinski definition) is 5. The second-order valence-electron chi connectivity index (χ2n) is 5.97. The second kappa shape index (κ2) is 6.88. The summed E-state index contributed by atoms with van der Waals surface area (Å²) in [6.07, 6.45) is 2.95. The minimum Gasteiger partial charge on any atom is -0.504 e. The van der Waals surface area contributed by atoms with Gasteiger partial charge in [-0.3, -0.25) is 10.1 Å². The number of non-ortho nitro benzene ring substituents is 1. The molecule has 1 atom stereocenters. The molecule has 0 bridgehead atoms. The van der Waals surface area contributed by atoms with Crippen LogP contribution in [0.15, 0.2) is 36.4 Å². The van der Waals surface area contributed by atoms with Gasteiger partial charge in [-0.25, -0.2) is 0 Å². The standard InChI is InChI=1S/C18H20N2O4/c1-24-18-8-5-12(9-17(18)21)11-19-16-4-2-3-13-6-7-14(20(22)23)10-15(13)16/h5-10,16,19,21H,2-4,11H2,1H3. The third kappa shape index (κ3) is 3.33. The maximum atomic E-state index is 11.0. The summed E-state index contributed by atoms with van der Waals surface area (Å²) in [6, 6.07) is 10.5. The normalized spacial score (nSPS) is 16.5. The Hall–Kier alpha value is -2.60. The van der Waals surface area contributed by atoms with Crippen molar-refractivity contribution in [3.63, 3.8) is 0 Å². The summed E-state index contributed by atoms with van der Waals surface area (Å²) in [6.45, 7) is 0.574. The number of fused-ring (bicyclic) bond motifs is 1. The van der Waals surface area contributed by atoms with E-state index in [1.54, 1.807) is 24.3 Å². The molecule has 24 heavy (non-hydrogen) atoms. The van der Waals surface area contributed by atoms with Gasteiger partial charge in [-0.2, -0.15) is 0 Å². The zero-order valence-corrected chi connectivity index (χ0v) is 13.5. The van der Waals surface area contributed by atoms with Gasteiger partial charge in [0.15, 0.2) is 11.5 Å². The third-order valence-corrected chi connectivity index (χ3v) is 4.45. The van der Waals surface area contributed by atoms with Crippen molar-refractivity contribution >= 4 is 5.69 Å². The molecule has 126 valence electrons. The highest BCUT2D eigenvalue weighted by atomic mass is 16.6. The molecular formula is C18H20N2O4. The monoisotopic (exact) mass is 328 g/mol. The van der Waals surface area contributed by atoms with Crippen LogP contribution in [0.2, 0.25) is 0 Å². The number of aromatic hydroxyl groups is 1. The minimum atomic E-state index is -0.354. The molecule has 1 aliphatic rings. The highest BCUT2D eigenvalue weighted by Gasteiger charge is 2.22. The fraction of sp³-hybridized carbons (Fsp3) is 0.333. The van der Waals surface area contributed by atoms with Crippen molar-refractivity contribution in [2.45, 2.75) is 31.8 Å². The molecule has 2 aromatic rings. The maximum Gasteiger partial charge on any atom is 0.269 e. The highest BCUT2D eigenvalue weighted by Crippen LogP contribution is 2.33. The Kier molecular flexibility index (Phi) is 4.66. The van der Waals surface area contributed by atoms with Crippen LogP contribution in [0.5, 0.6) is 11.5 Å². The molecule has 0 saturated carbocycles. The molecule has 2 aromatic carbocycles. The molecular weight excluding hydrogens is 308 g/mol. The first kappa shape index (κ1) is 16.3. The predicted octanol–water partition coefficient (Wildman–Crippen LogP) is 3.48. The summed E-state index contributed by atoms with van der Waals surface area (Å²) in [4.78, 5) is 10.7. The van der Waals surface area contributed by atoms with Crippen LogP contribution in [0, 0.1) is 10.1 Å². The molecule has 0 saturated heterocycles. The lowest BCUT2D eigenvalue weighted by Gasteiger charge is -2.26. The predicted molar refractivity (Wildman–Crippen MR) is 90.3 cm³/mol. The quantitative estimate of drug-likeness (QED) is 0.648.